The van der Waals surface area contributed by atoms with Crippen molar-refractivity contribution in [1.29, 1.82) is 0 Å². The highest BCUT2D eigenvalue weighted by molar-refractivity contribution is 5.51. The van der Waals surface area contributed by atoms with Crippen LogP contribution in [0.2, 0.25) is 0 Å². The van der Waals surface area contributed by atoms with Crippen molar-refractivity contribution in [2.24, 2.45) is 0 Å². The molecule has 0 radical (unpaired) electrons. The molecular formula is C20H26N2O3. The maximum absolute atomic E-state index is 10.5. The van der Waals surface area contributed by atoms with E-state index in [9.17, 15) is 5.11 Å². The topological polar surface area (TPSA) is 45.2 Å². The van der Waals surface area contributed by atoms with Crippen molar-refractivity contribution in [3.63, 3.8) is 0 Å². The second kappa shape index (κ2) is 8.23. The molecule has 5 heteroatoms. The number of β-amino-alcohol motifs (C(OH)–C–C–N with tert-alkyl or cyclic N) is 1. The predicted molar refractivity (Wildman–Crippen MR) is 99.6 cm³/mol. The maximum atomic E-state index is 10.5. The summed E-state index contributed by atoms with van der Waals surface area (Å²) in [5, 5.41) is 10.5. The van der Waals surface area contributed by atoms with Crippen molar-refractivity contribution in [3.8, 4) is 11.5 Å². The fourth-order valence-corrected chi connectivity index (χ4v) is 3.17. The van der Waals surface area contributed by atoms with Crippen LogP contribution in [0.4, 0.5) is 5.69 Å². The van der Waals surface area contributed by atoms with Crippen molar-refractivity contribution in [2.75, 3.05) is 51.8 Å². The SMILES string of the molecule is COc1ccc(C(O)CN2CCN(c3cccc(OC)c3)CC2)cc1. The number of aliphatic hydroxyl groups is 1. The maximum Gasteiger partial charge on any atom is 0.120 e. The molecule has 1 N–H and O–H groups in total. The van der Waals surface area contributed by atoms with Gasteiger partial charge in [-0.2, -0.15) is 0 Å². The molecule has 0 bridgehead atoms. The quantitative estimate of drug-likeness (QED) is 0.874. The Hall–Kier alpha value is -2.24. The highest BCUT2D eigenvalue weighted by Crippen LogP contribution is 2.23. The highest BCUT2D eigenvalue weighted by Gasteiger charge is 2.20. The van der Waals surface area contributed by atoms with Gasteiger partial charge in [-0.25, -0.2) is 0 Å². The summed E-state index contributed by atoms with van der Waals surface area (Å²) >= 11 is 0. The van der Waals surface area contributed by atoms with Gasteiger partial charge in [0.25, 0.3) is 0 Å². The highest BCUT2D eigenvalue weighted by atomic mass is 16.5. The summed E-state index contributed by atoms with van der Waals surface area (Å²) in [6.45, 7) is 4.41. The van der Waals surface area contributed by atoms with Gasteiger partial charge in [-0.3, -0.25) is 4.90 Å². The van der Waals surface area contributed by atoms with Crippen LogP contribution in [-0.4, -0.2) is 56.9 Å². The molecule has 2 aromatic carbocycles. The Morgan fingerprint density at radius 1 is 0.920 bits per heavy atom. The van der Waals surface area contributed by atoms with Crippen LogP contribution in [0.25, 0.3) is 0 Å². The van der Waals surface area contributed by atoms with E-state index < -0.39 is 6.10 Å². The van der Waals surface area contributed by atoms with Crippen LogP contribution in [0, 0.1) is 0 Å². The molecular weight excluding hydrogens is 316 g/mol. The number of methoxy groups -OCH3 is 2. The predicted octanol–water partition coefficient (Wildman–Crippen LogP) is 2.56. The van der Waals surface area contributed by atoms with Crippen LogP contribution in [0.15, 0.2) is 48.5 Å². The van der Waals surface area contributed by atoms with Crippen molar-refractivity contribution in [3.05, 3.63) is 54.1 Å². The second-order valence-electron chi connectivity index (χ2n) is 6.28. The lowest BCUT2D eigenvalue weighted by Gasteiger charge is -2.37. The summed E-state index contributed by atoms with van der Waals surface area (Å²) in [5.74, 6) is 1.69. The van der Waals surface area contributed by atoms with Crippen LogP contribution >= 0.6 is 0 Å². The summed E-state index contributed by atoms with van der Waals surface area (Å²) < 4.78 is 10.5. The summed E-state index contributed by atoms with van der Waals surface area (Å²) in [4.78, 5) is 4.67. The fraction of sp³-hybridized carbons (Fsp3) is 0.400. The van der Waals surface area contributed by atoms with Crippen LogP contribution in [-0.2, 0) is 0 Å². The number of anilines is 1. The van der Waals surface area contributed by atoms with Gasteiger partial charge in [0.2, 0.25) is 0 Å². The lowest BCUT2D eigenvalue weighted by Crippen LogP contribution is -2.47. The standard InChI is InChI=1S/C20H26N2O3/c1-24-18-8-6-16(7-9-18)20(23)15-21-10-12-22(13-11-21)17-4-3-5-19(14-17)25-2/h3-9,14,20,23H,10-13,15H2,1-2H3. The molecule has 134 valence electrons. The second-order valence-corrected chi connectivity index (χ2v) is 6.28. The largest absolute Gasteiger partial charge is 0.497 e. The number of rotatable bonds is 6. The molecule has 2 aromatic rings. The van der Waals surface area contributed by atoms with Crippen LogP contribution in [0.1, 0.15) is 11.7 Å². The fourth-order valence-electron chi connectivity index (χ4n) is 3.17. The first-order valence-electron chi connectivity index (χ1n) is 8.63. The van der Waals surface area contributed by atoms with Crippen molar-refractivity contribution in [1.82, 2.24) is 4.90 Å². The molecule has 1 fully saturated rings. The molecule has 0 aliphatic carbocycles. The normalized spacial score (nSPS) is 16.5. The molecule has 0 saturated carbocycles. The lowest BCUT2D eigenvalue weighted by molar-refractivity contribution is 0.109. The van der Waals surface area contributed by atoms with Crippen molar-refractivity contribution in [2.45, 2.75) is 6.10 Å². The number of aliphatic hydroxyl groups excluding tert-OH is 1. The van der Waals surface area contributed by atoms with Crippen LogP contribution in [0.5, 0.6) is 11.5 Å². The Morgan fingerprint density at radius 3 is 2.24 bits per heavy atom. The van der Waals surface area contributed by atoms with E-state index >= 15 is 0 Å². The summed E-state index contributed by atoms with van der Waals surface area (Å²) in [6.07, 6.45) is -0.478. The number of piperazine rings is 1. The number of ether oxygens (including phenoxy) is 2. The minimum Gasteiger partial charge on any atom is -0.497 e. The van der Waals surface area contributed by atoms with E-state index in [-0.39, 0.29) is 0 Å². The molecule has 1 unspecified atom stereocenters. The average molecular weight is 342 g/mol. The third kappa shape index (κ3) is 4.44. The van der Waals surface area contributed by atoms with E-state index in [1.54, 1.807) is 14.2 Å². The van der Waals surface area contributed by atoms with E-state index in [1.165, 1.54) is 5.69 Å². The molecule has 1 heterocycles. The first-order valence-corrected chi connectivity index (χ1v) is 8.63. The van der Waals surface area contributed by atoms with Gasteiger partial charge in [-0.1, -0.05) is 18.2 Å². The minimum atomic E-state index is -0.478. The molecule has 1 atom stereocenters. The van der Waals surface area contributed by atoms with E-state index in [0.29, 0.717) is 6.54 Å². The third-order valence-electron chi connectivity index (χ3n) is 4.72. The zero-order valence-corrected chi connectivity index (χ0v) is 14.9. The van der Waals surface area contributed by atoms with Gasteiger partial charge in [0.1, 0.15) is 11.5 Å². The minimum absolute atomic E-state index is 0.478. The molecule has 1 aliphatic heterocycles. The average Bonchev–Trinajstić information content (AvgIpc) is 2.68. The lowest BCUT2D eigenvalue weighted by atomic mass is 10.1. The molecule has 0 aromatic heterocycles. The Bertz CT molecular complexity index is 667. The van der Waals surface area contributed by atoms with Gasteiger partial charge in [-0.05, 0) is 29.8 Å². The van der Waals surface area contributed by atoms with E-state index in [0.717, 1.165) is 43.2 Å². The Balaban J connectivity index is 1.53. The number of hydrogen-bond acceptors (Lipinski definition) is 5. The Kier molecular flexibility index (Phi) is 5.79. The molecule has 1 saturated heterocycles. The number of benzene rings is 2. The van der Waals surface area contributed by atoms with Gasteiger partial charge in [0.15, 0.2) is 0 Å². The smallest absolute Gasteiger partial charge is 0.120 e. The van der Waals surface area contributed by atoms with Crippen LogP contribution < -0.4 is 14.4 Å². The van der Waals surface area contributed by atoms with Gasteiger partial charge >= 0.3 is 0 Å². The van der Waals surface area contributed by atoms with Crippen LogP contribution in [0.3, 0.4) is 0 Å². The van der Waals surface area contributed by atoms with Gasteiger partial charge in [-0.15, -0.1) is 0 Å². The molecule has 3 rings (SSSR count). The molecule has 0 amide bonds. The van der Waals surface area contributed by atoms with Gasteiger partial charge < -0.3 is 19.5 Å². The molecule has 5 nitrogen and oxygen atoms in total. The zero-order valence-electron chi connectivity index (χ0n) is 14.9. The summed E-state index contributed by atoms with van der Waals surface area (Å²) in [6, 6.07) is 15.8. The number of nitrogens with zero attached hydrogens (tertiary/aromatic N) is 2. The van der Waals surface area contributed by atoms with Gasteiger partial charge in [0.05, 0.1) is 20.3 Å². The molecule has 1 aliphatic rings. The summed E-state index contributed by atoms with van der Waals surface area (Å²) in [5.41, 5.74) is 2.12. The third-order valence-corrected chi connectivity index (χ3v) is 4.72. The van der Waals surface area contributed by atoms with E-state index in [1.807, 2.05) is 36.4 Å². The van der Waals surface area contributed by atoms with Crippen molar-refractivity contribution >= 4 is 5.69 Å². The van der Waals surface area contributed by atoms with Gasteiger partial charge in [0, 0.05) is 44.5 Å². The Labute approximate surface area is 149 Å². The monoisotopic (exact) mass is 342 g/mol. The van der Waals surface area contributed by atoms with E-state index in [4.69, 9.17) is 9.47 Å². The molecule has 25 heavy (non-hydrogen) atoms. The Morgan fingerprint density at radius 2 is 1.60 bits per heavy atom. The van der Waals surface area contributed by atoms with E-state index in [2.05, 4.69) is 21.9 Å². The molecule has 0 spiro atoms. The first kappa shape index (κ1) is 17.6. The first-order chi connectivity index (χ1) is 12.2. The number of hydrogen-bond donors (Lipinski definition) is 1. The summed E-state index contributed by atoms with van der Waals surface area (Å²) in [7, 11) is 3.34. The van der Waals surface area contributed by atoms with Crippen molar-refractivity contribution < 1.29 is 14.6 Å². The zero-order chi connectivity index (χ0) is 17.6.